The summed E-state index contributed by atoms with van der Waals surface area (Å²) in [6, 6.07) is 0.0179. The summed E-state index contributed by atoms with van der Waals surface area (Å²) in [4.78, 5) is 16.9. The number of allylic oxidation sites excluding steroid dienone is 1. The molecule has 1 N–H and O–H groups in total. The number of ether oxygens (including phenoxy) is 1. The van der Waals surface area contributed by atoms with Crippen LogP contribution in [0.4, 0.5) is 0 Å². The summed E-state index contributed by atoms with van der Waals surface area (Å²) in [7, 11) is 0. The molecule has 0 radical (unpaired) electrons. The molecule has 2 heterocycles. The fraction of sp³-hybridized carbons (Fsp3) is 0.647. The number of hydrogen-bond donors (Lipinski definition) is 1. The molecule has 1 amide bonds. The molecule has 0 bridgehead atoms. The molecule has 5 heteroatoms. The first-order valence-electron chi connectivity index (χ1n) is 8.42. The summed E-state index contributed by atoms with van der Waals surface area (Å²) in [5.74, 6) is 0.997. The second kappa shape index (κ2) is 7.09. The minimum Gasteiger partial charge on any atom is -0.368 e. The molecule has 1 fully saturated rings. The predicted molar refractivity (Wildman–Crippen MR) is 84.3 cm³/mol. The number of carbonyl (C=O) groups excluding carboxylic acids is 1. The van der Waals surface area contributed by atoms with Crippen molar-refractivity contribution in [3.05, 3.63) is 29.9 Å². The van der Waals surface area contributed by atoms with Crippen molar-refractivity contribution < 1.29 is 9.53 Å². The van der Waals surface area contributed by atoms with Gasteiger partial charge in [0.05, 0.1) is 6.04 Å². The van der Waals surface area contributed by atoms with Gasteiger partial charge in [0.1, 0.15) is 11.9 Å². The minimum atomic E-state index is -0.134. The summed E-state index contributed by atoms with van der Waals surface area (Å²) >= 11 is 0. The number of hydrogen-bond acceptors (Lipinski definition) is 3. The normalized spacial score (nSPS) is 25.6. The minimum absolute atomic E-state index is 0.0179. The summed E-state index contributed by atoms with van der Waals surface area (Å²) in [6.45, 7) is 3.62. The number of aryl methyl sites for hydroxylation is 1. The van der Waals surface area contributed by atoms with E-state index in [-0.39, 0.29) is 18.1 Å². The molecule has 5 nitrogen and oxygen atoms in total. The van der Waals surface area contributed by atoms with Gasteiger partial charge in [-0.05, 0) is 39.0 Å². The maximum absolute atomic E-state index is 12.5. The molecule has 3 rings (SSSR count). The van der Waals surface area contributed by atoms with Crippen LogP contribution in [0.1, 0.15) is 57.4 Å². The summed E-state index contributed by atoms with van der Waals surface area (Å²) in [5.41, 5.74) is 0.946. The van der Waals surface area contributed by atoms with Crippen molar-refractivity contribution >= 4 is 5.91 Å². The zero-order chi connectivity index (χ0) is 15.4. The van der Waals surface area contributed by atoms with Gasteiger partial charge in [0, 0.05) is 31.1 Å². The highest BCUT2D eigenvalue weighted by molar-refractivity contribution is 5.93. The van der Waals surface area contributed by atoms with Crippen molar-refractivity contribution in [1.29, 1.82) is 0 Å². The number of nitrogens with one attached hydrogen (secondary N) is 1. The van der Waals surface area contributed by atoms with Crippen LogP contribution in [0.2, 0.25) is 0 Å². The molecule has 0 aromatic carbocycles. The van der Waals surface area contributed by atoms with Gasteiger partial charge in [-0.15, -0.1) is 0 Å². The lowest BCUT2D eigenvalue weighted by atomic mass is 10.1. The van der Waals surface area contributed by atoms with Crippen LogP contribution in [0.25, 0.3) is 0 Å². The van der Waals surface area contributed by atoms with Gasteiger partial charge >= 0.3 is 0 Å². The molecular weight excluding hydrogens is 278 g/mol. The average molecular weight is 303 g/mol. The Bertz CT molecular complexity index is 550. The van der Waals surface area contributed by atoms with Crippen LogP contribution in [0.15, 0.2) is 24.0 Å². The lowest BCUT2D eigenvalue weighted by molar-refractivity contribution is -0.118. The summed E-state index contributed by atoms with van der Waals surface area (Å²) < 4.78 is 7.93. The molecule has 0 spiro atoms. The number of aromatic nitrogens is 2. The maximum atomic E-state index is 12.5. The van der Waals surface area contributed by atoms with Gasteiger partial charge < -0.3 is 14.6 Å². The van der Waals surface area contributed by atoms with Crippen LogP contribution in [0.5, 0.6) is 0 Å². The van der Waals surface area contributed by atoms with Crippen molar-refractivity contribution in [3.63, 3.8) is 0 Å². The number of carbonyl (C=O) groups is 1. The summed E-state index contributed by atoms with van der Waals surface area (Å²) in [6.07, 6.45) is 12.0. The van der Waals surface area contributed by atoms with E-state index in [0.717, 1.165) is 43.6 Å². The van der Waals surface area contributed by atoms with Crippen LogP contribution in [-0.2, 0) is 16.1 Å². The van der Waals surface area contributed by atoms with Gasteiger partial charge in [0.25, 0.3) is 0 Å². The first kappa shape index (κ1) is 15.3. The van der Waals surface area contributed by atoms with Gasteiger partial charge in [-0.25, -0.2) is 4.98 Å². The SMILES string of the molecule is CCn1ccnc1[C@H]1OCC[C@@H]1NC(=O)C1=CCCCCC1. The quantitative estimate of drug-likeness (QED) is 0.930. The van der Waals surface area contributed by atoms with Gasteiger partial charge in [0.15, 0.2) is 0 Å². The maximum Gasteiger partial charge on any atom is 0.247 e. The highest BCUT2D eigenvalue weighted by Crippen LogP contribution is 2.29. The van der Waals surface area contributed by atoms with Crippen molar-refractivity contribution in [2.75, 3.05) is 6.61 Å². The first-order valence-corrected chi connectivity index (χ1v) is 8.42. The van der Waals surface area contributed by atoms with Crippen LogP contribution in [-0.4, -0.2) is 28.1 Å². The van der Waals surface area contributed by atoms with Gasteiger partial charge in [0.2, 0.25) is 5.91 Å². The van der Waals surface area contributed by atoms with E-state index in [9.17, 15) is 4.79 Å². The number of rotatable bonds is 4. The van der Waals surface area contributed by atoms with E-state index in [0.29, 0.717) is 6.61 Å². The van der Waals surface area contributed by atoms with E-state index in [1.807, 2.05) is 6.20 Å². The molecule has 2 aliphatic rings. The molecule has 1 aromatic rings. The lowest BCUT2D eigenvalue weighted by Gasteiger charge is -2.21. The number of nitrogens with zero attached hydrogens (tertiary/aromatic N) is 2. The molecule has 1 aromatic heterocycles. The Balaban J connectivity index is 1.68. The fourth-order valence-electron chi connectivity index (χ4n) is 3.32. The van der Waals surface area contributed by atoms with Gasteiger partial charge in [-0.3, -0.25) is 4.79 Å². The van der Waals surface area contributed by atoms with Crippen molar-refractivity contribution in [2.45, 2.75) is 64.1 Å². The predicted octanol–water partition coefficient (Wildman–Crippen LogP) is 2.74. The Morgan fingerprint density at radius 2 is 2.36 bits per heavy atom. The smallest absolute Gasteiger partial charge is 0.247 e. The highest BCUT2D eigenvalue weighted by atomic mass is 16.5. The largest absolute Gasteiger partial charge is 0.368 e. The molecule has 22 heavy (non-hydrogen) atoms. The van der Waals surface area contributed by atoms with E-state index in [4.69, 9.17) is 4.74 Å². The van der Waals surface area contributed by atoms with Crippen molar-refractivity contribution in [3.8, 4) is 0 Å². The first-order chi connectivity index (χ1) is 10.8. The van der Waals surface area contributed by atoms with Crippen LogP contribution >= 0.6 is 0 Å². The molecule has 0 saturated carbocycles. The van der Waals surface area contributed by atoms with E-state index in [1.54, 1.807) is 6.20 Å². The van der Waals surface area contributed by atoms with E-state index >= 15 is 0 Å². The zero-order valence-corrected chi connectivity index (χ0v) is 13.3. The topological polar surface area (TPSA) is 56.1 Å². The molecule has 1 saturated heterocycles. The molecule has 2 atom stereocenters. The Labute approximate surface area is 131 Å². The molecule has 0 unspecified atom stereocenters. The Morgan fingerprint density at radius 1 is 1.45 bits per heavy atom. The number of imidazole rings is 1. The molecule has 1 aliphatic heterocycles. The number of amides is 1. The van der Waals surface area contributed by atoms with Gasteiger partial charge in [-0.1, -0.05) is 12.5 Å². The third-order valence-corrected chi connectivity index (χ3v) is 4.58. The Morgan fingerprint density at radius 3 is 3.23 bits per heavy atom. The Hall–Kier alpha value is -1.62. The van der Waals surface area contributed by atoms with Gasteiger partial charge in [-0.2, -0.15) is 0 Å². The second-order valence-electron chi connectivity index (χ2n) is 6.06. The fourth-order valence-corrected chi connectivity index (χ4v) is 3.32. The molecule has 1 aliphatic carbocycles. The highest BCUT2D eigenvalue weighted by Gasteiger charge is 2.34. The molecular formula is C17H25N3O2. The third kappa shape index (κ3) is 3.24. The van der Waals surface area contributed by atoms with Crippen molar-refractivity contribution in [1.82, 2.24) is 14.9 Å². The van der Waals surface area contributed by atoms with Crippen LogP contribution in [0, 0.1) is 0 Å². The molecule has 120 valence electrons. The standard InChI is InChI=1S/C17H25N3O2/c1-2-20-11-10-18-16(20)15-14(9-12-22-15)19-17(21)13-7-5-3-4-6-8-13/h7,10-11,14-15H,2-6,8-9,12H2,1H3,(H,19,21)/t14-,15-/m0/s1. The average Bonchev–Trinajstić information content (AvgIpc) is 3.08. The van der Waals surface area contributed by atoms with Crippen LogP contribution < -0.4 is 5.32 Å². The van der Waals surface area contributed by atoms with E-state index < -0.39 is 0 Å². The van der Waals surface area contributed by atoms with E-state index in [1.165, 1.54) is 12.8 Å². The van der Waals surface area contributed by atoms with Crippen LogP contribution in [0.3, 0.4) is 0 Å². The van der Waals surface area contributed by atoms with Crippen molar-refractivity contribution in [2.24, 2.45) is 0 Å². The summed E-state index contributed by atoms with van der Waals surface area (Å²) in [5, 5.41) is 3.18. The zero-order valence-electron chi connectivity index (χ0n) is 13.3. The van der Waals surface area contributed by atoms with E-state index in [2.05, 4.69) is 27.9 Å². The Kier molecular flexibility index (Phi) is 4.93. The second-order valence-corrected chi connectivity index (χ2v) is 6.06. The lowest BCUT2D eigenvalue weighted by Crippen LogP contribution is -2.38. The monoisotopic (exact) mass is 303 g/mol. The third-order valence-electron chi connectivity index (χ3n) is 4.58.